The molecule has 2 aromatic carbocycles. The number of hydrogen-bond acceptors (Lipinski definition) is 4. The zero-order chi connectivity index (χ0) is 15.8. The van der Waals surface area contributed by atoms with Gasteiger partial charge in [0.15, 0.2) is 0 Å². The largest absolute Gasteiger partial charge is 0.382 e. The highest BCUT2D eigenvalue weighted by atomic mass is 16.5. The molecular weight excluding hydrogens is 292 g/mol. The summed E-state index contributed by atoms with van der Waals surface area (Å²) in [6.45, 7) is 0.732. The molecule has 0 fully saturated rings. The summed E-state index contributed by atoms with van der Waals surface area (Å²) in [5.41, 5.74) is 1.33. The molecule has 1 aliphatic heterocycles. The van der Waals surface area contributed by atoms with Crippen LogP contribution in [-0.2, 0) is 11.3 Å². The van der Waals surface area contributed by atoms with Crippen LogP contribution >= 0.6 is 0 Å². The summed E-state index contributed by atoms with van der Waals surface area (Å²) >= 11 is 0. The summed E-state index contributed by atoms with van der Waals surface area (Å²) in [6.07, 6.45) is -1.52. The molecule has 0 aliphatic carbocycles. The van der Waals surface area contributed by atoms with Crippen molar-refractivity contribution in [3.8, 4) is 0 Å². The quantitative estimate of drug-likeness (QED) is 0.748. The van der Waals surface area contributed by atoms with Crippen LogP contribution in [0.15, 0.2) is 59.4 Å². The first-order valence-electron chi connectivity index (χ1n) is 7.60. The van der Waals surface area contributed by atoms with E-state index >= 15 is 0 Å². The number of para-hydroxylation sites is 1. The van der Waals surface area contributed by atoms with Gasteiger partial charge in [-0.2, -0.15) is 0 Å². The molecule has 1 aliphatic rings. The number of rotatable bonds is 1. The molecule has 1 N–H and O–H groups in total. The first-order chi connectivity index (χ1) is 11.3. The van der Waals surface area contributed by atoms with E-state index in [4.69, 9.17) is 4.74 Å². The molecule has 3 aromatic rings. The molecule has 0 radical (unpaired) electrons. The predicted molar refractivity (Wildman–Crippen MR) is 86.1 cm³/mol. The van der Waals surface area contributed by atoms with Gasteiger partial charge in [0.25, 0.3) is 5.56 Å². The molecule has 23 heavy (non-hydrogen) atoms. The van der Waals surface area contributed by atoms with E-state index in [9.17, 15) is 9.90 Å². The molecule has 0 spiro atoms. The van der Waals surface area contributed by atoms with E-state index in [0.29, 0.717) is 29.9 Å². The smallest absolute Gasteiger partial charge is 0.261 e. The van der Waals surface area contributed by atoms with Gasteiger partial charge in [-0.15, -0.1) is 0 Å². The SMILES string of the molecule is O=c1c2ccccc2nc2n1CCOC(c1ccccc1)C2O. The van der Waals surface area contributed by atoms with E-state index in [0.717, 1.165) is 5.56 Å². The predicted octanol–water partition coefficient (Wildman–Crippen LogP) is 2.20. The minimum Gasteiger partial charge on any atom is -0.382 e. The van der Waals surface area contributed by atoms with Crippen molar-refractivity contribution in [3.63, 3.8) is 0 Å². The molecule has 0 saturated carbocycles. The lowest BCUT2D eigenvalue weighted by Crippen LogP contribution is -2.27. The van der Waals surface area contributed by atoms with Crippen LogP contribution in [-0.4, -0.2) is 21.3 Å². The van der Waals surface area contributed by atoms with Crippen LogP contribution in [0.1, 0.15) is 23.6 Å². The molecular formula is C18H16N2O3. The molecule has 5 heteroatoms. The Morgan fingerprint density at radius 2 is 1.83 bits per heavy atom. The van der Waals surface area contributed by atoms with Gasteiger partial charge in [0.2, 0.25) is 0 Å². The zero-order valence-corrected chi connectivity index (χ0v) is 12.4. The summed E-state index contributed by atoms with van der Waals surface area (Å²) in [5, 5.41) is 11.3. The van der Waals surface area contributed by atoms with Crippen molar-refractivity contribution >= 4 is 10.9 Å². The Morgan fingerprint density at radius 3 is 2.65 bits per heavy atom. The number of ether oxygens (including phenoxy) is 1. The maximum Gasteiger partial charge on any atom is 0.261 e. The van der Waals surface area contributed by atoms with Crippen molar-refractivity contribution in [3.05, 3.63) is 76.3 Å². The third-order valence-corrected chi connectivity index (χ3v) is 4.18. The molecule has 2 unspecified atom stereocenters. The van der Waals surface area contributed by atoms with Crippen LogP contribution in [0.3, 0.4) is 0 Å². The molecule has 2 atom stereocenters. The molecule has 5 nitrogen and oxygen atoms in total. The Bertz CT molecular complexity index is 905. The summed E-state index contributed by atoms with van der Waals surface area (Å²) in [5.74, 6) is 0.361. The highest BCUT2D eigenvalue weighted by Crippen LogP contribution is 2.33. The van der Waals surface area contributed by atoms with E-state index in [-0.39, 0.29) is 5.56 Å². The van der Waals surface area contributed by atoms with E-state index in [1.54, 1.807) is 12.1 Å². The second-order valence-electron chi connectivity index (χ2n) is 5.59. The summed E-state index contributed by atoms with van der Waals surface area (Å²) < 4.78 is 7.34. The van der Waals surface area contributed by atoms with Gasteiger partial charge in [-0.1, -0.05) is 42.5 Å². The van der Waals surface area contributed by atoms with Gasteiger partial charge in [0.05, 0.1) is 24.1 Å². The minimum absolute atomic E-state index is 0.137. The van der Waals surface area contributed by atoms with Crippen LogP contribution in [0.4, 0.5) is 0 Å². The Balaban J connectivity index is 1.89. The average molecular weight is 308 g/mol. The highest BCUT2D eigenvalue weighted by Gasteiger charge is 2.30. The summed E-state index contributed by atoms with van der Waals surface area (Å²) in [4.78, 5) is 17.2. The van der Waals surface area contributed by atoms with Gasteiger partial charge in [-0.25, -0.2) is 4.98 Å². The zero-order valence-electron chi connectivity index (χ0n) is 12.4. The number of aliphatic hydroxyl groups excluding tert-OH is 1. The lowest BCUT2D eigenvalue weighted by atomic mass is 10.0. The summed E-state index contributed by atoms with van der Waals surface area (Å²) in [7, 11) is 0. The van der Waals surface area contributed by atoms with Gasteiger partial charge in [0.1, 0.15) is 18.0 Å². The van der Waals surface area contributed by atoms with Gasteiger partial charge in [-0.3, -0.25) is 9.36 Å². The van der Waals surface area contributed by atoms with Gasteiger partial charge < -0.3 is 9.84 Å². The van der Waals surface area contributed by atoms with Gasteiger partial charge in [-0.05, 0) is 17.7 Å². The van der Waals surface area contributed by atoms with E-state index < -0.39 is 12.2 Å². The molecule has 0 bridgehead atoms. The third kappa shape index (κ3) is 2.34. The van der Waals surface area contributed by atoms with Crippen LogP contribution < -0.4 is 5.56 Å². The fraction of sp³-hybridized carbons (Fsp3) is 0.222. The van der Waals surface area contributed by atoms with Crippen molar-refractivity contribution in [2.75, 3.05) is 6.61 Å². The lowest BCUT2D eigenvalue weighted by Gasteiger charge is -2.21. The lowest BCUT2D eigenvalue weighted by molar-refractivity contribution is -0.0349. The third-order valence-electron chi connectivity index (χ3n) is 4.18. The number of benzene rings is 2. The van der Waals surface area contributed by atoms with Gasteiger partial charge >= 0.3 is 0 Å². The first-order valence-corrected chi connectivity index (χ1v) is 7.60. The standard InChI is InChI=1S/C18H16N2O3/c21-15-16(12-6-2-1-3-7-12)23-11-10-20-17(15)19-14-9-5-4-8-13(14)18(20)22/h1-9,15-16,21H,10-11H2. The van der Waals surface area contributed by atoms with Crippen molar-refractivity contribution in [2.45, 2.75) is 18.8 Å². The highest BCUT2D eigenvalue weighted by molar-refractivity contribution is 5.77. The Morgan fingerprint density at radius 1 is 1.09 bits per heavy atom. The van der Waals surface area contributed by atoms with Crippen LogP contribution in [0.5, 0.6) is 0 Å². The average Bonchev–Trinajstić information content (AvgIpc) is 2.76. The van der Waals surface area contributed by atoms with E-state index in [1.165, 1.54) is 4.57 Å². The monoisotopic (exact) mass is 308 g/mol. The van der Waals surface area contributed by atoms with E-state index in [2.05, 4.69) is 4.98 Å². The van der Waals surface area contributed by atoms with Crippen LogP contribution in [0, 0.1) is 0 Å². The minimum atomic E-state index is -0.989. The van der Waals surface area contributed by atoms with Crippen molar-refractivity contribution < 1.29 is 9.84 Å². The van der Waals surface area contributed by atoms with Crippen LogP contribution in [0.25, 0.3) is 10.9 Å². The fourth-order valence-electron chi connectivity index (χ4n) is 3.05. The molecule has 2 heterocycles. The topological polar surface area (TPSA) is 64.4 Å². The fourth-order valence-corrected chi connectivity index (χ4v) is 3.05. The van der Waals surface area contributed by atoms with Crippen molar-refractivity contribution in [2.24, 2.45) is 0 Å². The Hall–Kier alpha value is -2.50. The number of aromatic nitrogens is 2. The summed E-state index contributed by atoms with van der Waals surface area (Å²) in [6, 6.07) is 16.7. The number of aliphatic hydroxyl groups is 1. The maximum absolute atomic E-state index is 12.7. The maximum atomic E-state index is 12.7. The van der Waals surface area contributed by atoms with Crippen molar-refractivity contribution in [1.82, 2.24) is 9.55 Å². The molecule has 116 valence electrons. The number of fused-ring (bicyclic) bond motifs is 2. The van der Waals surface area contributed by atoms with E-state index in [1.807, 2.05) is 42.5 Å². The Kier molecular flexibility index (Phi) is 3.44. The van der Waals surface area contributed by atoms with Crippen LogP contribution in [0.2, 0.25) is 0 Å². The second-order valence-corrected chi connectivity index (χ2v) is 5.59. The second kappa shape index (κ2) is 5.61. The first kappa shape index (κ1) is 14.1. The normalized spacial score (nSPS) is 20.9. The molecule has 4 rings (SSSR count). The molecule has 1 aromatic heterocycles. The Labute approximate surface area is 132 Å². The molecule has 0 saturated heterocycles. The van der Waals surface area contributed by atoms with Gasteiger partial charge in [0, 0.05) is 0 Å². The molecule has 0 amide bonds. The number of nitrogens with zero attached hydrogens (tertiary/aromatic N) is 2. The number of hydrogen-bond donors (Lipinski definition) is 1. The van der Waals surface area contributed by atoms with Crippen molar-refractivity contribution in [1.29, 1.82) is 0 Å².